The van der Waals surface area contributed by atoms with Crippen LogP contribution in [0.25, 0.3) is 0 Å². The lowest BCUT2D eigenvalue weighted by Gasteiger charge is -2.21. The molecule has 1 unspecified atom stereocenters. The molecule has 152 valence electrons. The Hall–Kier alpha value is -3.81. The molecule has 0 amide bonds. The van der Waals surface area contributed by atoms with Gasteiger partial charge in [0.1, 0.15) is 22.6 Å². The van der Waals surface area contributed by atoms with Crippen LogP contribution >= 0.6 is 0 Å². The normalized spacial score (nSPS) is 11.2. The number of esters is 1. The fourth-order valence-corrected chi connectivity index (χ4v) is 2.28. The van der Waals surface area contributed by atoms with Crippen LogP contribution in [0.4, 0.5) is 0 Å². The molecule has 0 spiro atoms. The first kappa shape index (κ1) is 21.5. The Morgan fingerprint density at radius 1 is 0.931 bits per heavy atom. The van der Waals surface area contributed by atoms with Crippen molar-refractivity contribution in [3.05, 3.63) is 71.8 Å². The molecule has 0 fully saturated rings. The first-order valence-corrected chi connectivity index (χ1v) is 8.60. The molecular weight excluding hydrogens is 380 g/mol. The minimum atomic E-state index is -1.20. The summed E-state index contributed by atoms with van der Waals surface area (Å²) in [4.78, 5) is 34.5. The van der Waals surface area contributed by atoms with Crippen molar-refractivity contribution in [3.8, 4) is 11.5 Å². The highest BCUT2D eigenvalue weighted by Crippen LogP contribution is 2.22. The highest BCUT2D eigenvalue weighted by atomic mass is 16.7. The standard InChI is InChI=1S/C21H20O8/c1-13(2)21(26)29-18(28-17-10-6-4-8-15(17)20(24)25)11-12-27-16-9-5-3-7-14(16)19(22)23/h3-10,18H,1,11-12H2,2H3,(H,22,23)(H,24,25). The van der Waals surface area contributed by atoms with Crippen molar-refractivity contribution in [2.45, 2.75) is 19.6 Å². The second-order valence-electron chi connectivity index (χ2n) is 5.97. The largest absolute Gasteiger partial charge is 0.492 e. The zero-order chi connectivity index (χ0) is 21.4. The number of carboxylic acids is 2. The summed E-state index contributed by atoms with van der Waals surface area (Å²) in [5.74, 6) is -2.88. The van der Waals surface area contributed by atoms with Crippen LogP contribution < -0.4 is 9.47 Å². The van der Waals surface area contributed by atoms with E-state index in [9.17, 15) is 24.6 Å². The van der Waals surface area contributed by atoms with Gasteiger partial charge >= 0.3 is 17.9 Å². The maximum atomic E-state index is 11.9. The lowest BCUT2D eigenvalue weighted by Crippen LogP contribution is -2.27. The van der Waals surface area contributed by atoms with Gasteiger partial charge in [-0.3, -0.25) is 0 Å². The van der Waals surface area contributed by atoms with Gasteiger partial charge in [0, 0.05) is 5.57 Å². The summed E-state index contributed by atoms with van der Waals surface area (Å²) in [6, 6.07) is 12.0. The molecule has 0 heterocycles. The van der Waals surface area contributed by atoms with Gasteiger partial charge in [-0.25, -0.2) is 14.4 Å². The lowest BCUT2D eigenvalue weighted by molar-refractivity contribution is -0.160. The molecule has 0 aliphatic rings. The second-order valence-corrected chi connectivity index (χ2v) is 5.97. The minimum Gasteiger partial charge on any atom is -0.492 e. The first-order chi connectivity index (χ1) is 13.8. The maximum Gasteiger partial charge on any atom is 0.339 e. The van der Waals surface area contributed by atoms with Gasteiger partial charge in [0.15, 0.2) is 0 Å². The van der Waals surface area contributed by atoms with E-state index in [0.29, 0.717) is 0 Å². The number of carbonyl (C=O) groups is 3. The van der Waals surface area contributed by atoms with Crippen molar-refractivity contribution in [1.82, 2.24) is 0 Å². The van der Waals surface area contributed by atoms with E-state index in [-0.39, 0.29) is 41.2 Å². The van der Waals surface area contributed by atoms with Crippen molar-refractivity contribution >= 4 is 17.9 Å². The van der Waals surface area contributed by atoms with Gasteiger partial charge in [0.2, 0.25) is 6.29 Å². The van der Waals surface area contributed by atoms with E-state index >= 15 is 0 Å². The molecule has 1 atom stereocenters. The summed E-state index contributed by atoms with van der Waals surface area (Å²) in [7, 11) is 0. The number of carbonyl (C=O) groups excluding carboxylic acids is 1. The van der Waals surface area contributed by atoms with E-state index in [0.717, 1.165) is 0 Å². The maximum absolute atomic E-state index is 11.9. The van der Waals surface area contributed by atoms with Crippen LogP contribution in [0, 0.1) is 0 Å². The molecule has 0 radical (unpaired) electrons. The Morgan fingerprint density at radius 2 is 1.45 bits per heavy atom. The third-order valence-corrected chi connectivity index (χ3v) is 3.69. The van der Waals surface area contributed by atoms with Crippen LogP contribution in [-0.2, 0) is 9.53 Å². The first-order valence-electron chi connectivity index (χ1n) is 8.60. The molecule has 2 aromatic carbocycles. The average Bonchev–Trinajstić information content (AvgIpc) is 2.68. The fourth-order valence-electron chi connectivity index (χ4n) is 2.28. The summed E-state index contributed by atoms with van der Waals surface area (Å²) in [5, 5.41) is 18.5. The Kier molecular flexibility index (Phi) is 7.36. The molecule has 29 heavy (non-hydrogen) atoms. The summed E-state index contributed by atoms with van der Waals surface area (Å²) >= 11 is 0. The quantitative estimate of drug-likeness (QED) is 0.354. The van der Waals surface area contributed by atoms with Crippen LogP contribution in [0.1, 0.15) is 34.1 Å². The zero-order valence-corrected chi connectivity index (χ0v) is 15.7. The molecule has 2 aromatic rings. The van der Waals surface area contributed by atoms with Crippen molar-refractivity contribution in [3.63, 3.8) is 0 Å². The second kappa shape index (κ2) is 9.93. The van der Waals surface area contributed by atoms with Crippen LogP contribution in [-0.4, -0.2) is 41.0 Å². The van der Waals surface area contributed by atoms with Gasteiger partial charge in [-0.15, -0.1) is 0 Å². The molecule has 8 heteroatoms. The fraction of sp³-hybridized carbons (Fsp3) is 0.190. The van der Waals surface area contributed by atoms with E-state index in [4.69, 9.17) is 14.2 Å². The molecule has 0 aliphatic heterocycles. The monoisotopic (exact) mass is 400 g/mol. The van der Waals surface area contributed by atoms with Crippen molar-refractivity contribution < 1.29 is 38.8 Å². The molecule has 2 N–H and O–H groups in total. The van der Waals surface area contributed by atoms with E-state index < -0.39 is 24.2 Å². The SMILES string of the molecule is C=C(C)C(=O)OC(CCOc1ccccc1C(=O)O)Oc1ccccc1C(=O)O. The Balaban J connectivity index is 2.13. The van der Waals surface area contributed by atoms with Gasteiger partial charge in [0.25, 0.3) is 0 Å². The summed E-state index contributed by atoms with van der Waals surface area (Å²) in [5.41, 5.74) is 0.0309. The number of para-hydroxylation sites is 2. The molecule has 2 rings (SSSR count). The number of ether oxygens (including phenoxy) is 3. The number of hydrogen-bond acceptors (Lipinski definition) is 6. The lowest BCUT2D eigenvalue weighted by atomic mass is 10.2. The van der Waals surface area contributed by atoms with Gasteiger partial charge in [-0.2, -0.15) is 0 Å². The molecule has 0 aromatic heterocycles. The van der Waals surface area contributed by atoms with Gasteiger partial charge in [-0.05, 0) is 31.2 Å². The van der Waals surface area contributed by atoms with Gasteiger partial charge in [0.05, 0.1) is 13.0 Å². The summed E-state index contributed by atoms with van der Waals surface area (Å²) < 4.78 is 16.3. The van der Waals surface area contributed by atoms with Crippen molar-refractivity contribution in [1.29, 1.82) is 0 Å². The smallest absolute Gasteiger partial charge is 0.339 e. The number of aromatic carboxylic acids is 2. The number of rotatable bonds is 10. The predicted octanol–water partition coefficient (Wildman–Crippen LogP) is 3.38. The number of hydrogen-bond donors (Lipinski definition) is 2. The summed E-state index contributed by atoms with van der Waals surface area (Å²) in [6.07, 6.45) is -1.15. The Labute approximate surface area is 166 Å². The van der Waals surface area contributed by atoms with E-state index in [1.807, 2.05) is 0 Å². The topological polar surface area (TPSA) is 119 Å². The molecule has 0 bridgehead atoms. The van der Waals surface area contributed by atoms with Crippen LogP contribution in [0.5, 0.6) is 11.5 Å². The predicted molar refractivity (Wildman–Crippen MR) is 102 cm³/mol. The third-order valence-electron chi connectivity index (χ3n) is 3.69. The van der Waals surface area contributed by atoms with Crippen LogP contribution in [0.15, 0.2) is 60.7 Å². The highest BCUT2D eigenvalue weighted by Gasteiger charge is 2.21. The summed E-state index contributed by atoms with van der Waals surface area (Å²) in [6.45, 7) is 4.91. The molecule has 0 saturated carbocycles. The van der Waals surface area contributed by atoms with Crippen molar-refractivity contribution in [2.75, 3.05) is 6.61 Å². The van der Waals surface area contributed by atoms with Crippen LogP contribution in [0.3, 0.4) is 0 Å². The van der Waals surface area contributed by atoms with Crippen molar-refractivity contribution in [2.24, 2.45) is 0 Å². The Morgan fingerprint density at radius 3 is 2.00 bits per heavy atom. The van der Waals surface area contributed by atoms with Crippen LogP contribution in [0.2, 0.25) is 0 Å². The average molecular weight is 400 g/mol. The number of carboxylic acid groups (broad SMARTS) is 2. The molecule has 0 saturated heterocycles. The molecule has 8 nitrogen and oxygen atoms in total. The zero-order valence-electron chi connectivity index (χ0n) is 15.7. The van der Waals surface area contributed by atoms with Gasteiger partial charge in [-0.1, -0.05) is 30.8 Å². The van der Waals surface area contributed by atoms with E-state index in [1.165, 1.54) is 37.3 Å². The third kappa shape index (κ3) is 6.10. The van der Waals surface area contributed by atoms with E-state index in [1.54, 1.807) is 18.2 Å². The van der Waals surface area contributed by atoms with Gasteiger partial charge < -0.3 is 24.4 Å². The molecular formula is C21H20O8. The van der Waals surface area contributed by atoms with E-state index in [2.05, 4.69) is 6.58 Å². The molecule has 0 aliphatic carbocycles. The Bertz CT molecular complexity index is 918. The highest BCUT2D eigenvalue weighted by molar-refractivity contribution is 5.91. The number of benzene rings is 2. The minimum absolute atomic E-state index is 0.0138.